The van der Waals surface area contributed by atoms with E-state index in [0.29, 0.717) is 36.7 Å². The SMILES string of the molecule is CC(=O)Nc1ccc(C(=O)N2CCC(NC(=O)CC(C)C)CC2)cc1. The van der Waals surface area contributed by atoms with Crippen molar-refractivity contribution in [2.45, 2.75) is 46.1 Å². The monoisotopic (exact) mass is 345 g/mol. The summed E-state index contributed by atoms with van der Waals surface area (Å²) in [6, 6.07) is 7.06. The standard InChI is InChI=1S/C19H27N3O3/c1-13(2)12-18(24)21-17-8-10-22(11-9-17)19(25)15-4-6-16(7-5-15)20-14(3)23/h4-7,13,17H,8-12H2,1-3H3,(H,20,23)(H,21,24). The van der Waals surface area contributed by atoms with Crippen LogP contribution in [0, 0.1) is 5.92 Å². The van der Waals surface area contributed by atoms with Crippen LogP contribution in [-0.2, 0) is 9.59 Å². The molecule has 0 unspecified atom stereocenters. The molecule has 0 aromatic heterocycles. The van der Waals surface area contributed by atoms with Gasteiger partial charge in [-0.1, -0.05) is 13.8 Å². The maximum absolute atomic E-state index is 12.6. The zero-order valence-corrected chi connectivity index (χ0v) is 15.2. The van der Waals surface area contributed by atoms with Crippen LogP contribution >= 0.6 is 0 Å². The number of hydrogen-bond donors (Lipinski definition) is 2. The Kier molecular flexibility index (Phi) is 6.56. The molecule has 0 atom stereocenters. The zero-order chi connectivity index (χ0) is 18.4. The Balaban J connectivity index is 1.84. The Morgan fingerprint density at radius 2 is 1.72 bits per heavy atom. The normalized spacial score (nSPS) is 15.1. The summed E-state index contributed by atoms with van der Waals surface area (Å²) in [4.78, 5) is 37.3. The molecule has 136 valence electrons. The average Bonchev–Trinajstić information content (AvgIpc) is 2.54. The van der Waals surface area contributed by atoms with Crippen LogP contribution in [-0.4, -0.2) is 41.8 Å². The molecule has 0 spiro atoms. The first-order valence-corrected chi connectivity index (χ1v) is 8.81. The number of rotatable bonds is 5. The molecule has 2 rings (SSSR count). The molecule has 1 aromatic rings. The topological polar surface area (TPSA) is 78.5 Å². The highest BCUT2D eigenvalue weighted by Crippen LogP contribution is 2.16. The van der Waals surface area contributed by atoms with Gasteiger partial charge in [0.2, 0.25) is 11.8 Å². The number of carbonyl (C=O) groups is 3. The molecule has 0 radical (unpaired) electrons. The van der Waals surface area contributed by atoms with Crippen LogP contribution in [0.4, 0.5) is 5.69 Å². The second kappa shape index (κ2) is 8.65. The highest BCUT2D eigenvalue weighted by Gasteiger charge is 2.24. The summed E-state index contributed by atoms with van der Waals surface area (Å²) < 4.78 is 0. The first kappa shape index (κ1) is 19.0. The van der Waals surface area contributed by atoms with Crippen molar-refractivity contribution in [1.82, 2.24) is 10.2 Å². The van der Waals surface area contributed by atoms with Crippen molar-refractivity contribution in [2.24, 2.45) is 5.92 Å². The predicted molar refractivity (Wildman–Crippen MR) is 97.3 cm³/mol. The molecular formula is C19H27N3O3. The third-order valence-electron chi connectivity index (χ3n) is 4.19. The van der Waals surface area contributed by atoms with E-state index in [1.54, 1.807) is 24.3 Å². The molecule has 1 aromatic carbocycles. The molecule has 1 heterocycles. The van der Waals surface area contributed by atoms with Crippen LogP contribution in [0.25, 0.3) is 0 Å². The number of piperidine rings is 1. The molecule has 6 nitrogen and oxygen atoms in total. The van der Waals surface area contributed by atoms with Crippen molar-refractivity contribution >= 4 is 23.4 Å². The summed E-state index contributed by atoms with van der Waals surface area (Å²) in [5.74, 6) is 0.289. The number of anilines is 1. The molecule has 1 aliphatic heterocycles. The van der Waals surface area contributed by atoms with Gasteiger partial charge < -0.3 is 15.5 Å². The summed E-state index contributed by atoms with van der Waals surface area (Å²) in [7, 11) is 0. The van der Waals surface area contributed by atoms with E-state index in [0.717, 1.165) is 12.8 Å². The molecule has 25 heavy (non-hydrogen) atoms. The lowest BCUT2D eigenvalue weighted by molar-refractivity contribution is -0.122. The number of likely N-dealkylation sites (tertiary alicyclic amines) is 1. The Bertz CT molecular complexity index is 617. The fraction of sp³-hybridized carbons (Fsp3) is 0.526. The maximum Gasteiger partial charge on any atom is 0.253 e. The van der Waals surface area contributed by atoms with E-state index in [2.05, 4.69) is 10.6 Å². The van der Waals surface area contributed by atoms with E-state index in [4.69, 9.17) is 0 Å². The second-order valence-corrected chi connectivity index (χ2v) is 6.99. The van der Waals surface area contributed by atoms with Gasteiger partial charge >= 0.3 is 0 Å². The van der Waals surface area contributed by atoms with Crippen molar-refractivity contribution in [3.8, 4) is 0 Å². The van der Waals surface area contributed by atoms with Gasteiger partial charge in [0.1, 0.15) is 0 Å². The molecular weight excluding hydrogens is 318 g/mol. The van der Waals surface area contributed by atoms with Gasteiger partial charge in [-0.3, -0.25) is 14.4 Å². The summed E-state index contributed by atoms with van der Waals surface area (Å²) >= 11 is 0. The van der Waals surface area contributed by atoms with Crippen LogP contribution < -0.4 is 10.6 Å². The minimum Gasteiger partial charge on any atom is -0.353 e. The van der Waals surface area contributed by atoms with Gasteiger partial charge in [0, 0.05) is 43.7 Å². The van der Waals surface area contributed by atoms with Crippen molar-refractivity contribution < 1.29 is 14.4 Å². The highest BCUT2D eigenvalue weighted by atomic mass is 16.2. The molecule has 1 fully saturated rings. The quantitative estimate of drug-likeness (QED) is 0.860. The van der Waals surface area contributed by atoms with Gasteiger partial charge in [0.05, 0.1) is 0 Å². The third-order valence-corrected chi connectivity index (χ3v) is 4.19. The summed E-state index contributed by atoms with van der Waals surface area (Å²) in [6.45, 7) is 6.77. The van der Waals surface area contributed by atoms with Crippen LogP contribution in [0.5, 0.6) is 0 Å². The largest absolute Gasteiger partial charge is 0.353 e. The van der Waals surface area contributed by atoms with Gasteiger partial charge in [-0.25, -0.2) is 0 Å². The smallest absolute Gasteiger partial charge is 0.253 e. The van der Waals surface area contributed by atoms with Crippen LogP contribution in [0.1, 0.15) is 50.4 Å². The highest BCUT2D eigenvalue weighted by molar-refractivity contribution is 5.95. The Morgan fingerprint density at radius 1 is 1.12 bits per heavy atom. The van der Waals surface area contributed by atoms with E-state index >= 15 is 0 Å². The summed E-state index contributed by atoms with van der Waals surface area (Å²) in [5, 5.41) is 5.74. The number of nitrogens with zero attached hydrogens (tertiary/aromatic N) is 1. The van der Waals surface area contributed by atoms with Crippen molar-refractivity contribution in [3.63, 3.8) is 0 Å². The summed E-state index contributed by atoms with van der Waals surface area (Å²) in [6.07, 6.45) is 2.10. The Hall–Kier alpha value is -2.37. The first-order chi connectivity index (χ1) is 11.8. The fourth-order valence-electron chi connectivity index (χ4n) is 2.97. The Labute approximate surface area is 149 Å². The van der Waals surface area contributed by atoms with Crippen LogP contribution in [0.3, 0.4) is 0 Å². The first-order valence-electron chi connectivity index (χ1n) is 8.81. The van der Waals surface area contributed by atoms with Crippen molar-refractivity contribution in [2.75, 3.05) is 18.4 Å². The van der Waals surface area contributed by atoms with E-state index in [9.17, 15) is 14.4 Å². The number of benzene rings is 1. The molecule has 0 aliphatic carbocycles. The maximum atomic E-state index is 12.6. The molecule has 3 amide bonds. The second-order valence-electron chi connectivity index (χ2n) is 6.99. The number of amides is 3. The lowest BCUT2D eigenvalue weighted by atomic mass is 10.0. The van der Waals surface area contributed by atoms with Crippen molar-refractivity contribution in [1.29, 1.82) is 0 Å². The van der Waals surface area contributed by atoms with Crippen LogP contribution in [0.15, 0.2) is 24.3 Å². The van der Waals surface area contributed by atoms with E-state index in [1.807, 2.05) is 18.7 Å². The van der Waals surface area contributed by atoms with Gasteiger partial charge in [-0.05, 0) is 43.0 Å². The number of nitrogens with one attached hydrogen (secondary N) is 2. The lowest BCUT2D eigenvalue weighted by Crippen LogP contribution is -2.46. The molecule has 1 saturated heterocycles. The number of carbonyl (C=O) groups excluding carboxylic acids is 3. The molecule has 0 saturated carbocycles. The minimum atomic E-state index is -0.138. The van der Waals surface area contributed by atoms with Gasteiger partial charge in [0.15, 0.2) is 0 Å². The van der Waals surface area contributed by atoms with E-state index in [-0.39, 0.29) is 23.8 Å². The van der Waals surface area contributed by atoms with Gasteiger partial charge in [0.25, 0.3) is 5.91 Å². The molecule has 6 heteroatoms. The lowest BCUT2D eigenvalue weighted by Gasteiger charge is -2.32. The molecule has 1 aliphatic rings. The van der Waals surface area contributed by atoms with Gasteiger partial charge in [-0.15, -0.1) is 0 Å². The summed E-state index contributed by atoms with van der Waals surface area (Å²) in [5.41, 5.74) is 1.28. The van der Waals surface area contributed by atoms with E-state index in [1.165, 1.54) is 6.92 Å². The minimum absolute atomic E-state index is 0.0127. The average molecular weight is 345 g/mol. The van der Waals surface area contributed by atoms with Crippen LogP contribution in [0.2, 0.25) is 0 Å². The van der Waals surface area contributed by atoms with E-state index < -0.39 is 0 Å². The number of hydrogen-bond acceptors (Lipinski definition) is 3. The Morgan fingerprint density at radius 3 is 2.24 bits per heavy atom. The third kappa shape index (κ3) is 5.89. The van der Waals surface area contributed by atoms with Gasteiger partial charge in [-0.2, -0.15) is 0 Å². The fourth-order valence-corrected chi connectivity index (χ4v) is 2.97. The predicted octanol–water partition coefficient (Wildman–Crippen LogP) is 2.41. The van der Waals surface area contributed by atoms with Crippen molar-refractivity contribution in [3.05, 3.63) is 29.8 Å². The molecule has 2 N–H and O–H groups in total. The molecule has 0 bridgehead atoms. The zero-order valence-electron chi connectivity index (χ0n) is 15.2.